The van der Waals surface area contributed by atoms with E-state index in [9.17, 15) is 0 Å². The fourth-order valence-corrected chi connectivity index (χ4v) is 2.84. The molecule has 3 nitrogen and oxygen atoms in total. The fourth-order valence-electron chi connectivity index (χ4n) is 2.84. The van der Waals surface area contributed by atoms with Crippen LogP contribution in [0.25, 0.3) is 0 Å². The lowest BCUT2D eigenvalue weighted by Crippen LogP contribution is -2.35. The molecule has 21 heavy (non-hydrogen) atoms. The first-order chi connectivity index (χ1) is 9.90. The SMILES string of the molecule is COc1ccc(C(C)(N)c2c(C)cc(C)cc2OC)cc1. The Bertz CT molecular complexity index is 630. The topological polar surface area (TPSA) is 44.5 Å². The summed E-state index contributed by atoms with van der Waals surface area (Å²) in [6, 6.07) is 12.0. The Morgan fingerprint density at radius 1 is 0.952 bits per heavy atom. The maximum Gasteiger partial charge on any atom is 0.124 e. The van der Waals surface area contributed by atoms with Crippen molar-refractivity contribution < 1.29 is 9.47 Å². The molecule has 2 aromatic rings. The van der Waals surface area contributed by atoms with Crippen molar-refractivity contribution in [2.75, 3.05) is 14.2 Å². The standard InChI is InChI=1S/C18H23NO2/c1-12-10-13(2)17(16(11-12)21-5)18(3,19)14-6-8-15(20-4)9-7-14/h6-11H,19H2,1-5H3. The predicted octanol–water partition coefficient (Wildman–Crippen LogP) is 3.54. The van der Waals surface area contributed by atoms with Gasteiger partial charge in [0.25, 0.3) is 0 Å². The highest BCUT2D eigenvalue weighted by molar-refractivity contribution is 5.52. The van der Waals surface area contributed by atoms with Gasteiger partial charge in [-0.1, -0.05) is 18.2 Å². The number of hydrogen-bond donors (Lipinski definition) is 1. The van der Waals surface area contributed by atoms with Crippen molar-refractivity contribution in [3.8, 4) is 11.5 Å². The van der Waals surface area contributed by atoms with Crippen molar-refractivity contribution in [2.24, 2.45) is 5.73 Å². The highest BCUT2D eigenvalue weighted by Crippen LogP contribution is 2.37. The third-order valence-electron chi connectivity index (χ3n) is 3.87. The molecular formula is C18H23NO2. The highest BCUT2D eigenvalue weighted by atomic mass is 16.5. The van der Waals surface area contributed by atoms with Crippen LogP contribution in [-0.2, 0) is 5.54 Å². The molecule has 0 saturated heterocycles. The number of rotatable bonds is 4. The van der Waals surface area contributed by atoms with E-state index in [4.69, 9.17) is 15.2 Å². The van der Waals surface area contributed by atoms with Crippen molar-refractivity contribution in [1.29, 1.82) is 0 Å². The third-order valence-corrected chi connectivity index (χ3v) is 3.87. The largest absolute Gasteiger partial charge is 0.497 e. The summed E-state index contributed by atoms with van der Waals surface area (Å²) in [6.07, 6.45) is 0. The number of nitrogens with two attached hydrogens (primary N) is 1. The molecule has 0 saturated carbocycles. The Morgan fingerprint density at radius 2 is 1.57 bits per heavy atom. The molecule has 3 heteroatoms. The lowest BCUT2D eigenvalue weighted by molar-refractivity contribution is 0.397. The van der Waals surface area contributed by atoms with Crippen LogP contribution in [0.5, 0.6) is 11.5 Å². The number of benzene rings is 2. The predicted molar refractivity (Wildman–Crippen MR) is 86.1 cm³/mol. The van der Waals surface area contributed by atoms with Crippen LogP contribution < -0.4 is 15.2 Å². The van der Waals surface area contributed by atoms with Crippen molar-refractivity contribution in [1.82, 2.24) is 0 Å². The second kappa shape index (κ2) is 5.78. The molecule has 0 spiro atoms. The number of hydrogen-bond acceptors (Lipinski definition) is 3. The first-order valence-electron chi connectivity index (χ1n) is 6.99. The monoisotopic (exact) mass is 285 g/mol. The van der Waals surface area contributed by atoms with Crippen LogP contribution in [0.3, 0.4) is 0 Å². The molecule has 1 unspecified atom stereocenters. The second-order valence-electron chi connectivity index (χ2n) is 5.59. The van der Waals surface area contributed by atoms with E-state index < -0.39 is 5.54 Å². The van der Waals surface area contributed by atoms with E-state index in [1.54, 1.807) is 14.2 Å². The van der Waals surface area contributed by atoms with E-state index in [0.717, 1.165) is 28.2 Å². The van der Waals surface area contributed by atoms with Gasteiger partial charge >= 0.3 is 0 Å². The van der Waals surface area contributed by atoms with E-state index >= 15 is 0 Å². The van der Waals surface area contributed by atoms with Gasteiger partial charge in [-0.25, -0.2) is 0 Å². The van der Waals surface area contributed by atoms with Gasteiger partial charge < -0.3 is 15.2 Å². The Hall–Kier alpha value is -2.00. The highest BCUT2D eigenvalue weighted by Gasteiger charge is 2.29. The summed E-state index contributed by atoms with van der Waals surface area (Å²) in [5.41, 5.74) is 10.4. The summed E-state index contributed by atoms with van der Waals surface area (Å²) in [6.45, 7) is 6.13. The average molecular weight is 285 g/mol. The Kier molecular flexibility index (Phi) is 4.24. The molecule has 2 N–H and O–H groups in total. The van der Waals surface area contributed by atoms with Crippen LogP contribution in [0.4, 0.5) is 0 Å². The molecule has 0 radical (unpaired) electrons. The summed E-state index contributed by atoms with van der Waals surface area (Å²) in [4.78, 5) is 0. The van der Waals surface area contributed by atoms with Gasteiger partial charge in [0.05, 0.1) is 19.8 Å². The molecule has 0 aliphatic carbocycles. The van der Waals surface area contributed by atoms with Crippen molar-refractivity contribution >= 4 is 0 Å². The zero-order valence-corrected chi connectivity index (χ0v) is 13.4. The first-order valence-corrected chi connectivity index (χ1v) is 6.99. The molecule has 0 bridgehead atoms. The van der Waals surface area contributed by atoms with E-state index in [1.807, 2.05) is 37.3 Å². The van der Waals surface area contributed by atoms with E-state index in [0.29, 0.717) is 0 Å². The number of methoxy groups -OCH3 is 2. The molecule has 112 valence electrons. The molecule has 1 atom stereocenters. The first kappa shape index (κ1) is 15.4. The molecule has 2 rings (SSSR count). The van der Waals surface area contributed by atoms with Crippen LogP contribution >= 0.6 is 0 Å². The number of aryl methyl sites for hydroxylation is 2. The van der Waals surface area contributed by atoms with E-state index in [2.05, 4.69) is 19.9 Å². The molecular weight excluding hydrogens is 262 g/mol. The lowest BCUT2D eigenvalue weighted by Gasteiger charge is -2.30. The molecule has 2 aromatic carbocycles. The molecule has 0 aliphatic heterocycles. The minimum Gasteiger partial charge on any atom is -0.497 e. The maximum absolute atomic E-state index is 6.66. The normalized spacial score (nSPS) is 13.6. The molecule has 0 heterocycles. The van der Waals surface area contributed by atoms with E-state index in [1.165, 1.54) is 5.56 Å². The summed E-state index contributed by atoms with van der Waals surface area (Å²) in [7, 11) is 3.34. The van der Waals surface area contributed by atoms with Gasteiger partial charge in [-0.2, -0.15) is 0 Å². The molecule has 0 amide bonds. The number of ether oxygens (including phenoxy) is 2. The molecule has 0 aliphatic rings. The maximum atomic E-state index is 6.66. The summed E-state index contributed by atoms with van der Waals surface area (Å²) in [5, 5.41) is 0. The van der Waals surface area contributed by atoms with Crippen molar-refractivity contribution in [3.05, 3.63) is 58.7 Å². The van der Waals surface area contributed by atoms with Gasteiger partial charge in [-0.3, -0.25) is 0 Å². The van der Waals surface area contributed by atoms with Gasteiger partial charge in [-0.15, -0.1) is 0 Å². The minimum absolute atomic E-state index is 0.630. The van der Waals surface area contributed by atoms with Crippen LogP contribution in [0.2, 0.25) is 0 Å². The van der Waals surface area contributed by atoms with Gasteiger partial charge in [0.1, 0.15) is 11.5 Å². The Morgan fingerprint density at radius 3 is 2.10 bits per heavy atom. The Balaban J connectivity index is 2.57. The van der Waals surface area contributed by atoms with Crippen LogP contribution in [0, 0.1) is 13.8 Å². The summed E-state index contributed by atoms with van der Waals surface area (Å²) >= 11 is 0. The zero-order chi connectivity index (χ0) is 15.6. The van der Waals surface area contributed by atoms with Gasteiger partial charge in [0.2, 0.25) is 0 Å². The Labute approximate surface area is 126 Å². The fraction of sp³-hybridized carbons (Fsp3) is 0.333. The third kappa shape index (κ3) is 2.88. The quantitative estimate of drug-likeness (QED) is 0.934. The van der Waals surface area contributed by atoms with Crippen molar-refractivity contribution in [2.45, 2.75) is 26.3 Å². The average Bonchev–Trinajstić information content (AvgIpc) is 2.46. The molecule has 0 aromatic heterocycles. The van der Waals surface area contributed by atoms with Gasteiger partial charge in [0.15, 0.2) is 0 Å². The van der Waals surface area contributed by atoms with Gasteiger partial charge in [-0.05, 0) is 55.7 Å². The van der Waals surface area contributed by atoms with E-state index in [-0.39, 0.29) is 0 Å². The van der Waals surface area contributed by atoms with Crippen LogP contribution in [-0.4, -0.2) is 14.2 Å². The smallest absolute Gasteiger partial charge is 0.124 e. The van der Waals surface area contributed by atoms with Crippen LogP contribution in [0.1, 0.15) is 29.2 Å². The van der Waals surface area contributed by atoms with Crippen molar-refractivity contribution in [3.63, 3.8) is 0 Å². The second-order valence-corrected chi connectivity index (χ2v) is 5.59. The molecule has 0 fully saturated rings. The van der Waals surface area contributed by atoms with Crippen LogP contribution in [0.15, 0.2) is 36.4 Å². The lowest BCUT2D eigenvalue weighted by atomic mass is 9.82. The van der Waals surface area contributed by atoms with Gasteiger partial charge in [0, 0.05) is 5.56 Å². The zero-order valence-electron chi connectivity index (χ0n) is 13.4. The minimum atomic E-state index is -0.630. The summed E-state index contributed by atoms with van der Waals surface area (Å²) < 4.78 is 10.8. The summed E-state index contributed by atoms with van der Waals surface area (Å²) in [5.74, 6) is 1.65.